The summed E-state index contributed by atoms with van der Waals surface area (Å²) >= 11 is 7.08. The molecule has 2 aromatic carbocycles. The first-order valence-corrected chi connectivity index (χ1v) is 11.6. The van der Waals surface area contributed by atoms with Crippen molar-refractivity contribution in [2.24, 2.45) is 0 Å². The number of ether oxygens (including phenoxy) is 1. The minimum absolute atomic E-state index is 0.0370. The van der Waals surface area contributed by atoms with Crippen LogP contribution in [0.4, 0.5) is 20.8 Å². The zero-order valence-electron chi connectivity index (χ0n) is 18.6. The molecular formula is C24H19ClFN3O5S. The van der Waals surface area contributed by atoms with Crippen molar-refractivity contribution in [2.45, 2.75) is 19.3 Å². The van der Waals surface area contributed by atoms with Crippen LogP contribution in [0.15, 0.2) is 53.7 Å². The molecule has 3 aromatic rings. The van der Waals surface area contributed by atoms with Crippen molar-refractivity contribution in [3.63, 3.8) is 0 Å². The van der Waals surface area contributed by atoms with Gasteiger partial charge < -0.3 is 15.8 Å². The van der Waals surface area contributed by atoms with E-state index in [0.29, 0.717) is 22.7 Å². The molecule has 1 aromatic heterocycles. The number of hydrogen-bond donors (Lipinski definition) is 2. The topological polar surface area (TPSA) is 125 Å². The Balaban J connectivity index is 1.94. The molecule has 0 spiro atoms. The van der Waals surface area contributed by atoms with Crippen LogP contribution in [-0.2, 0) is 9.53 Å². The number of nitrogens with two attached hydrogens (primary N) is 1. The first-order chi connectivity index (χ1) is 16.7. The first-order valence-electron chi connectivity index (χ1n) is 10.4. The molecule has 0 bridgehead atoms. The molecular weight excluding hydrogens is 497 g/mol. The predicted octanol–water partition coefficient (Wildman–Crippen LogP) is 5.66. The van der Waals surface area contributed by atoms with Gasteiger partial charge in [-0.25, -0.2) is 9.18 Å². The Hall–Kier alpha value is -3.76. The fraction of sp³-hybridized carbons (Fsp3) is 0.167. The number of ketones is 1. The van der Waals surface area contributed by atoms with Crippen molar-refractivity contribution in [3.05, 3.63) is 96.3 Å². The number of esters is 1. The number of benzene rings is 2. The van der Waals surface area contributed by atoms with Crippen molar-refractivity contribution >= 4 is 51.1 Å². The summed E-state index contributed by atoms with van der Waals surface area (Å²) in [7, 11) is 1.22. The van der Waals surface area contributed by atoms with E-state index in [-0.39, 0.29) is 38.0 Å². The molecule has 2 heterocycles. The smallest absolute Gasteiger partial charge is 0.336 e. The number of thiophene rings is 1. The third-order valence-corrected chi connectivity index (χ3v) is 7.15. The van der Waals surface area contributed by atoms with Crippen LogP contribution < -0.4 is 11.1 Å². The highest BCUT2D eigenvalue weighted by atomic mass is 35.5. The number of nitro groups is 1. The van der Waals surface area contributed by atoms with Gasteiger partial charge in [0.2, 0.25) is 5.78 Å². The van der Waals surface area contributed by atoms with Crippen LogP contribution in [0, 0.1) is 15.9 Å². The minimum Gasteiger partial charge on any atom is -0.466 e. The van der Waals surface area contributed by atoms with E-state index in [4.69, 9.17) is 22.1 Å². The van der Waals surface area contributed by atoms with Crippen LogP contribution in [-0.4, -0.2) is 23.8 Å². The van der Waals surface area contributed by atoms with E-state index in [9.17, 15) is 19.7 Å². The second-order valence-electron chi connectivity index (χ2n) is 7.66. The number of halogens is 2. The van der Waals surface area contributed by atoms with Gasteiger partial charge in [-0.05, 0) is 12.5 Å². The van der Waals surface area contributed by atoms with Crippen LogP contribution in [0.2, 0.25) is 5.02 Å². The molecule has 1 atom stereocenters. The molecule has 0 radical (unpaired) electrons. The Morgan fingerprint density at radius 1 is 1.29 bits per heavy atom. The highest BCUT2D eigenvalue weighted by Gasteiger charge is 2.40. The molecule has 0 aliphatic carbocycles. The Labute approximate surface area is 208 Å². The quantitative estimate of drug-likeness (QED) is 0.188. The Kier molecular flexibility index (Phi) is 6.60. The summed E-state index contributed by atoms with van der Waals surface area (Å²) in [5, 5.41) is 14.6. The Bertz CT molecular complexity index is 1420. The maximum Gasteiger partial charge on any atom is 0.336 e. The number of nitrogens with zero attached hydrogens (tertiary/aromatic N) is 1. The number of nitro benzene ring substituents is 1. The summed E-state index contributed by atoms with van der Waals surface area (Å²) in [6, 6.07) is 9.74. The zero-order valence-corrected chi connectivity index (χ0v) is 20.1. The van der Waals surface area contributed by atoms with Gasteiger partial charge in [-0.3, -0.25) is 14.9 Å². The van der Waals surface area contributed by atoms with E-state index in [1.165, 1.54) is 37.4 Å². The third-order valence-electron chi connectivity index (χ3n) is 5.73. The number of rotatable bonds is 6. The molecule has 11 heteroatoms. The van der Waals surface area contributed by atoms with E-state index in [0.717, 1.165) is 17.4 Å². The summed E-state index contributed by atoms with van der Waals surface area (Å²) < 4.78 is 20.2. The minimum atomic E-state index is -0.991. The van der Waals surface area contributed by atoms with Crippen molar-refractivity contribution in [3.8, 4) is 0 Å². The number of hydrogen-bond acceptors (Lipinski definition) is 8. The summed E-state index contributed by atoms with van der Waals surface area (Å²) in [5.41, 5.74) is 7.41. The average molecular weight is 516 g/mol. The molecule has 8 nitrogen and oxygen atoms in total. The van der Waals surface area contributed by atoms with Crippen LogP contribution in [0.25, 0.3) is 0 Å². The molecule has 35 heavy (non-hydrogen) atoms. The maximum absolute atomic E-state index is 15.2. The van der Waals surface area contributed by atoms with E-state index < -0.39 is 28.4 Å². The molecule has 180 valence electrons. The highest BCUT2D eigenvalue weighted by Crippen LogP contribution is 2.51. The standard InChI is InChI=1S/C24H19ClFN3O5S/c1-3-15-17(24(31)34-2)16(13-8-5-9-14(25)19(13)26)18-20(27)22(35-23(18)28-15)21(30)11-6-4-7-12(10-11)29(32)33/h4-10,16,28H,3,27H2,1-2H3/t16-/m1/s1. The van der Waals surface area contributed by atoms with Crippen LogP contribution in [0.1, 0.15) is 45.6 Å². The van der Waals surface area contributed by atoms with Crippen LogP contribution >= 0.6 is 22.9 Å². The molecule has 3 N–H and O–H groups in total. The molecule has 0 fully saturated rings. The molecule has 0 amide bonds. The first kappa shape index (κ1) is 24.4. The summed E-state index contributed by atoms with van der Waals surface area (Å²) in [5.74, 6) is -2.92. The third kappa shape index (κ3) is 4.15. The summed E-state index contributed by atoms with van der Waals surface area (Å²) in [4.78, 5) is 36.9. The van der Waals surface area contributed by atoms with E-state index in [1.807, 2.05) is 6.92 Å². The number of carbonyl (C=O) groups excluding carboxylic acids is 2. The SMILES string of the molecule is CCC1=C(C(=O)OC)[C@@H](c2cccc(Cl)c2F)c2c(sc(C(=O)c3cccc([N+](=O)[O-])c3)c2N)N1. The number of nitrogens with one attached hydrogen (secondary N) is 1. The number of anilines is 2. The molecule has 1 aliphatic rings. The Morgan fingerprint density at radius 2 is 2.00 bits per heavy atom. The lowest BCUT2D eigenvalue weighted by Crippen LogP contribution is -2.25. The van der Waals surface area contributed by atoms with Gasteiger partial charge in [-0.1, -0.05) is 42.8 Å². The van der Waals surface area contributed by atoms with Gasteiger partial charge in [0.1, 0.15) is 10.7 Å². The van der Waals surface area contributed by atoms with Gasteiger partial charge in [-0.15, -0.1) is 11.3 Å². The van der Waals surface area contributed by atoms with E-state index in [2.05, 4.69) is 5.32 Å². The second-order valence-corrected chi connectivity index (χ2v) is 9.09. The molecule has 0 saturated carbocycles. The fourth-order valence-electron chi connectivity index (χ4n) is 4.10. The summed E-state index contributed by atoms with van der Waals surface area (Å²) in [6.07, 6.45) is 0.383. The van der Waals surface area contributed by atoms with Crippen LogP contribution in [0.5, 0.6) is 0 Å². The monoisotopic (exact) mass is 515 g/mol. The lowest BCUT2D eigenvalue weighted by atomic mass is 9.81. The molecule has 0 unspecified atom stereocenters. The van der Waals surface area contributed by atoms with E-state index >= 15 is 4.39 Å². The zero-order chi connectivity index (χ0) is 25.4. The van der Waals surface area contributed by atoms with Crippen molar-refractivity contribution in [1.82, 2.24) is 0 Å². The molecule has 0 saturated heterocycles. The number of methoxy groups -OCH3 is 1. The molecule has 4 rings (SSSR count). The molecule has 1 aliphatic heterocycles. The average Bonchev–Trinajstić information content (AvgIpc) is 3.19. The largest absolute Gasteiger partial charge is 0.466 e. The van der Waals surface area contributed by atoms with E-state index in [1.54, 1.807) is 6.07 Å². The predicted molar refractivity (Wildman–Crippen MR) is 131 cm³/mol. The number of allylic oxidation sites excluding steroid dienone is 1. The van der Waals surface area contributed by atoms with Crippen molar-refractivity contribution < 1.29 is 23.6 Å². The lowest BCUT2D eigenvalue weighted by molar-refractivity contribution is -0.384. The number of carbonyl (C=O) groups is 2. The highest BCUT2D eigenvalue weighted by molar-refractivity contribution is 7.19. The van der Waals surface area contributed by atoms with Crippen LogP contribution in [0.3, 0.4) is 0 Å². The number of non-ortho nitro benzene ring substituents is 1. The maximum atomic E-state index is 15.2. The fourth-order valence-corrected chi connectivity index (χ4v) is 5.43. The van der Waals surface area contributed by atoms with Gasteiger partial charge >= 0.3 is 5.97 Å². The van der Waals surface area contributed by atoms with Gasteiger partial charge in [0.25, 0.3) is 5.69 Å². The summed E-state index contributed by atoms with van der Waals surface area (Å²) in [6.45, 7) is 1.81. The van der Waals surface area contributed by atoms with Gasteiger partial charge in [-0.2, -0.15) is 0 Å². The Morgan fingerprint density at radius 3 is 2.66 bits per heavy atom. The lowest BCUT2D eigenvalue weighted by Gasteiger charge is -2.29. The second kappa shape index (κ2) is 9.47. The van der Waals surface area contributed by atoms with Gasteiger partial charge in [0.05, 0.1) is 39.2 Å². The number of fused-ring (bicyclic) bond motifs is 1. The van der Waals surface area contributed by atoms with Crippen molar-refractivity contribution in [1.29, 1.82) is 0 Å². The van der Waals surface area contributed by atoms with Gasteiger partial charge in [0, 0.05) is 34.5 Å². The normalized spacial score (nSPS) is 14.8. The number of nitrogen functional groups attached to an aromatic ring is 1. The van der Waals surface area contributed by atoms with Crippen molar-refractivity contribution in [2.75, 3.05) is 18.2 Å². The van der Waals surface area contributed by atoms with Gasteiger partial charge in [0.15, 0.2) is 0 Å².